The molecule has 0 unspecified atom stereocenters. The molecule has 0 radical (unpaired) electrons. The molecule has 0 saturated carbocycles. The van der Waals surface area contributed by atoms with Crippen LogP contribution in [0.1, 0.15) is 27.7 Å². The number of nitrogens with one attached hydrogen (secondary N) is 1. The molecule has 76 valence electrons. The Bertz CT molecular complexity index is 82.7. The van der Waals surface area contributed by atoms with Gasteiger partial charge in [0.05, 0.1) is 0 Å². The van der Waals surface area contributed by atoms with Crippen LogP contribution in [-0.2, 0) is 4.52 Å². The van der Waals surface area contributed by atoms with Gasteiger partial charge in [0.2, 0.25) is 0 Å². The van der Waals surface area contributed by atoms with Gasteiger partial charge in [0, 0.05) is 19.2 Å². The Morgan fingerprint density at radius 2 is 1.33 bits per heavy atom. The molecule has 0 aliphatic carbocycles. The second-order valence-electron chi connectivity index (χ2n) is 2.91. The summed E-state index contributed by atoms with van der Waals surface area (Å²) in [7, 11) is -0.870. The lowest BCUT2D eigenvalue weighted by Gasteiger charge is -2.10. The fourth-order valence-corrected chi connectivity index (χ4v) is 0.667. The van der Waals surface area contributed by atoms with Crippen LogP contribution in [0.3, 0.4) is 0 Å². The molecular weight excluding hydrogens is 177 g/mol. The molecule has 5 heteroatoms. The Morgan fingerprint density at radius 3 is 1.33 bits per heavy atom. The molecule has 0 rings (SSSR count). The average molecular weight is 197 g/mol. The summed E-state index contributed by atoms with van der Waals surface area (Å²) in [6.07, 6.45) is 0. The van der Waals surface area contributed by atoms with Crippen molar-refractivity contribution in [3.05, 3.63) is 0 Å². The van der Waals surface area contributed by atoms with E-state index in [4.69, 9.17) is 9.79 Å². The molecule has 4 nitrogen and oxygen atoms in total. The highest BCUT2D eigenvalue weighted by Crippen LogP contribution is 2.20. The number of hydrogen-bond acceptors (Lipinski definition) is 4. The van der Waals surface area contributed by atoms with Crippen LogP contribution in [0.15, 0.2) is 0 Å². The van der Waals surface area contributed by atoms with E-state index in [0.717, 1.165) is 0 Å². The molecule has 0 aliphatic heterocycles. The molecule has 0 amide bonds. The standard InChI is InChI=1S/C6H15N.CH5O3P/c1-5(2)7-6(3)4;1-4-5(2)3/h5-7H,1-4H3;2-3H,1H3. The van der Waals surface area contributed by atoms with E-state index in [-0.39, 0.29) is 0 Å². The largest absolute Gasteiger partial charge is 0.328 e. The van der Waals surface area contributed by atoms with Crippen LogP contribution in [0.5, 0.6) is 0 Å². The van der Waals surface area contributed by atoms with Crippen molar-refractivity contribution in [3.8, 4) is 0 Å². The van der Waals surface area contributed by atoms with Crippen molar-refractivity contribution in [2.45, 2.75) is 39.8 Å². The first-order valence-corrected chi connectivity index (χ1v) is 5.04. The normalized spacial score (nSPS) is 10.5. The van der Waals surface area contributed by atoms with Gasteiger partial charge in [-0.25, -0.2) is 0 Å². The Balaban J connectivity index is 0. The van der Waals surface area contributed by atoms with Crippen LogP contribution in [0.4, 0.5) is 0 Å². The minimum absolute atomic E-state index is 0.625. The lowest BCUT2D eigenvalue weighted by molar-refractivity contribution is 0.310. The van der Waals surface area contributed by atoms with Crippen LogP contribution < -0.4 is 5.32 Å². The highest BCUT2D eigenvalue weighted by Gasteiger charge is 1.92. The van der Waals surface area contributed by atoms with Gasteiger partial charge in [0.1, 0.15) is 0 Å². The maximum absolute atomic E-state index is 7.76. The number of rotatable bonds is 3. The summed E-state index contributed by atoms with van der Waals surface area (Å²) in [5, 5.41) is 3.31. The third kappa shape index (κ3) is 22.4. The molecule has 3 N–H and O–H groups in total. The van der Waals surface area contributed by atoms with Gasteiger partial charge in [-0.15, -0.1) is 0 Å². The van der Waals surface area contributed by atoms with E-state index in [2.05, 4.69) is 37.5 Å². The molecule has 0 bridgehead atoms. The second-order valence-corrected chi connectivity index (χ2v) is 3.78. The zero-order chi connectivity index (χ0) is 10.1. The summed E-state index contributed by atoms with van der Waals surface area (Å²) in [6, 6.07) is 1.25. The van der Waals surface area contributed by atoms with Gasteiger partial charge >= 0.3 is 8.60 Å². The monoisotopic (exact) mass is 197 g/mol. The van der Waals surface area contributed by atoms with Crippen molar-refractivity contribution in [2.75, 3.05) is 7.11 Å². The van der Waals surface area contributed by atoms with E-state index in [0.29, 0.717) is 12.1 Å². The van der Waals surface area contributed by atoms with E-state index >= 15 is 0 Å². The van der Waals surface area contributed by atoms with E-state index in [9.17, 15) is 0 Å². The Morgan fingerprint density at radius 1 is 1.08 bits per heavy atom. The summed E-state index contributed by atoms with van der Waals surface area (Å²) >= 11 is 0. The van der Waals surface area contributed by atoms with Gasteiger partial charge in [-0.1, -0.05) is 27.7 Å². The second kappa shape index (κ2) is 9.36. The molecule has 0 spiro atoms. The maximum atomic E-state index is 7.76. The molecular formula is C7H20NO3P. The minimum atomic E-state index is -2.10. The topological polar surface area (TPSA) is 61.7 Å². The third-order valence-electron chi connectivity index (χ3n) is 0.830. The number of hydrogen-bond donors (Lipinski definition) is 3. The Labute approximate surface area is 75.9 Å². The van der Waals surface area contributed by atoms with E-state index in [1.54, 1.807) is 0 Å². The van der Waals surface area contributed by atoms with Gasteiger partial charge in [-0.05, 0) is 0 Å². The lowest BCUT2D eigenvalue weighted by atomic mass is 10.3. The molecule has 0 aromatic rings. The first-order valence-electron chi connectivity index (χ1n) is 3.88. The summed E-state index contributed by atoms with van der Waals surface area (Å²) in [6.45, 7) is 8.61. The smallest absolute Gasteiger partial charge is 0.326 e. The first-order chi connectivity index (χ1) is 5.40. The fourth-order valence-electron chi connectivity index (χ4n) is 0.667. The SMILES string of the molecule is CC(C)NC(C)C.COP(O)O. The lowest BCUT2D eigenvalue weighted by Crippen LogP contribution is -2.29. The first kappa shape index (κ1) is 14.8. The molecule has 0 aromatic heterocycles. The summed E-state index contributed by atoms with van der Waals surface area (Å²) in [5.41, 5.74) is 0. The predicted octanol–water partition coefficient (Wildman–Crippen LogP) is 1.24. The van der Waals surface area contributed by atoms with Crippen LogP contribution in [0.2, 0.25) is 0 Å². The van der Waals surface area contributed by atoms with Crippen LogP contribution in [0.25, 0.3) is 0 Å². The molecule has 0 aliphatic rings. The predicted molar refractivity (Wildman–Crippen MR) is 51.8 cm³/mol. The van der Waals surface area contributed by atoms with Gasteiger partial charge in [0.15, 0.2) is 0 Å². The quantitative estimate of drug-likeness (QED) is 0.596. The molecule has 0 saturated heterocycles. The van der Waals surface area contributed by atoms with E-state index < -0.39 is 8.60 Å². The van der Waals surface area contributed by atoms with Crippen molar-refractivity contribution in [3.63, 3.8) is 0 Å². The van der Waals surface area contributed by atoms with Crippen LogP contribution in [0, 0.1) is 0 Å². The highest BCUT2D eigenvalue weighted by molar-refractivity contribution is 7.39. The third-order valence-corrected chi connectivity index (χ3v) is 1.16. The van der Waals surface area contributed by atoms with Crippen molar-refractivity contribution in [2.24, 2.45) is 0 Å². The van der Waals surface area contributed by atoms with Crippen LogP contribution in [-0.4, -0.2) is 29.0 Å². The Hall–Kier alpha value is 0.270. The zero-order valence-corrected chi connectivity index (χ0v) is 9.30. The van der Waals surface area contributed by atoms with Crippen molar-refractivity contribution < 1.29 is 14.3 Å². The van der Waals surface area contributed by atoms with Crippen LogP contribution >= 0.6 is 8.60 Å². The highest BCUT2D eigenvalue weighted by atomic mass is 31.2. The minimum Gasteiger partial charge on any atom is -0.328 e. The zero-order valence-electron chi connectivity index (χ0n) is 8.40. The summed E-state index contributed by atoms with van der Waals surface area (Å²) in [5.74, 6) is 0. The molecule has 0 fully saturated rings. The van der Waals surface area contributed by atoms with Crippen molar-refractivity contribution in [1.29, 1.82) is 0 Å². The van der Waals surface area contributed by atoms with Gasteiger partial charge in [0.25, 0.3) is 0 Å². The molecule has 12 heavy (non-hydrogen) atoms. The van der Waals surface area contributed by atoms with Gasteiger partial charge < -0.3 is 19.6 Å². The van der Waals surface area contributed by atoms with E-state index in [1.807, 2.05) is 0 Å². The maximum Gasteiger partial charge on any atom is 0.326 e. The molecule has 0 atom stereocenters. The van der Waals surface area contributed by atoms with E-state index in [1.165, 1.54) is 7.11 Å². The summed E-state index contributed by atoms with van der Waals surface area (Å²) in [4.78, 5) is 15.5. The average Bonchev–Trinajstić information content (AvgIpc) is 1.85. The van der Waals surface area contributed by atoms with Crippen molar-refractivity contribution >= 4 is 8.60 Å². The van der Waals surface area contributed by atoms with Gasteiger partial charge in [-0.2, -0.15) is 0 Å². The molecule has 0 heterocycles. The molecule has 0 aromatic carbocycles. The Kier molecular flexibility index (Phi) is 11.5. The summed E-state index contributed by atoms with van der Waals surface area (Å²) < 4.78 is 3.93. The van der Waals surface area contributed by atoms with Crippen molar-refractivity contribution in [1.82, 2.24) is 5.32 Å². The van der Waals surface area contributed by atoms with Gasteiger partial charge in [-0.3, -0.25) is 0 Å². The fraction of sp³-hybridized carbons (Fsp3) is 1.00.